The second kappa shape index (κ2) is 5.05. The molecule has 3 aromatic rings. The summed E-state index contributed by atoms with van der Waals surface area (Å²) in [6, 6.07) is 17.3. The van der Waals surface area contributed by atoms with Crippen molar-refractivity contribution in [2.24, 2.45) is 0 Å². The number of ether oxygens (including phenoxy) is 1. The quantitative estimate of drug-likeness (QED) is 0.549. The van der Waals surface area contributed by atoms with Gasteiger partial charge in [0.05, 0.1) is 5.52 Å². The van der Waals surface area contributed by atoms with Gasteiger partial charge >= 0.3 is 0 Å². The van der Waals surface area contributed by atoms with E-state index in [0.717, 1.165) is 25.9 Å². The van der Waals surface area contributed by atoms with Gasteiger partial charge in [0.25, 0.3) is 0 Å². The van der Waals surface area contributed by atoms with E-state index in [-0.39, 0.29) is 0 Å². The summed E-state index contributed by atoms with van der Waals surface area (Å²) in [6.07, 6.45) is 0. The Morgan fingerprint density at radius 1 is 1.00 bits per heavy atom. The van der Waals surface area contributed by atoms with Crippen LogP contribution < -0.4 is 10.5 Å². The maximum absolute atomic E-state index is 5.75. The Morgan fingerprint density at radius 2 is 1.89 bits per heavy atom. The molecule has 3 nitrogen and oxygen atoms in total. The molecule has 94 valence electrons. The molecule has 0 amide bonds. The molecule has 19 heavy (non-hydrogen) atoms. The lowest BCUT2D eigenvalue weighted by Gasteiger charge is -2.06. The Kier molecular flexibility index (Phi) is 3.25. The van der Waals surface area contributed by atoms with E-state index in [9.17, 15) is 0 Å². The van der Waals surface area contributed by atoms with Crippen molar-refractivity contribution < 1.29 is 4.74 Å². The van der Waals surface area contributed by atoms with Crippen LogP contribution in [0.2, 0.25) is 0 Å². The Bertz CT molecular complexity index is 743. The fourth-order valence-corrected chi connectivity index (χ4v) is 2.35. The Hall–Kier alpha value is -1.82. The first kappa shape index (κ1) is 12.2. The zero-order valence-corrected chi connectivity index (χ0v) is 12.2. The molecule has 0 fully saturated rings. The van der Waals surface area contributed by atoms with Crippen molar-refractivity contribution >= 4 is 39.2 Å². The number of benzene rings is 2. The standard InChI is InChI=1S/C15H11IN2O/c16-11-2-1-3-13(9-11)19-15-7-4-10-8-12(17)5-6-14(10)18-15/h1-9H,17H2. The van der Waals surface area contributed by atoms with Gasteiger partial charge in [-0.05, 0) is 65.1 Å². The molecule has 0 saturated heterocycles. The summed E-state index contributed by atoms with van der Waals surface area (Å²) in [7, 11) is 0. The summed E-state index contributed by atoms with van der Waals surface area (Å²) >= 11 is 2.25. The molecule has 3 rings (SSSR count). The molecule has 2 N–H and O–H groups in total. The van der Waals surface area contributed by atoms with Gasteiger partial charge in [0, 0.05) is 20.7 Å². The summed E-state index contributed by atoms with van der Waals surface area (Å²) < 4.78 is 6.88. The highest BCUT2D eigenvalue weighted by Gasteiger charge is 2.02. The van der Waals surface area contributed by atoms with Gasteiger partial charge in [0.2, 0.25) is 5.88 Å². The van der Waals surface area contributed by atoms with Crippen LogP contribution in [0.15, 0.2) is 54.6 Å². The van der Waals surface area contributed by atoms with Gasteiger partial charge in [-0.25, -0.2) is 4.98 Å². The number of fused-ring (bicyclic) bond motifs is 1. The van der Waals surface area contributed by atoms with E-state index in [4.69, 9.17) is 10.5 Å². The number of rotatable bonds is 2. The maximum atomic E-state index is 5.75. The third kappa shape index (κ3) is 2.78. The third-order valence-corrected chi connectivity index (χ3v) is 3.38. The lowest BCUT2D eigenvalue weighted by Crippen LogP contribution is -1.90. The molecule has 0 saturated carbocycles. The minimum absolute atomic E-state index is 0.583. The predicted octanol–water partition coefficient (Wildman–Crippen LogP) is 4.21. The highest BCUT2D eigenvalue weighted by Crippen LogP contribution is 2.24. The zero-order valence-electron chi connectivity index (χ0n) is 10.0. The van der Waals surface area contributed by atoms with Gasteiger partial charge < -0.3 is 10.5 Å². The second-order valence-corrected chi connectivity index (χ2v) is 5.41. The summed E-state index contributed by atoms with van der Waals surface area (Å²) in [6.45, 7) is 0. The summed E-state index contributed by atoms with van der Waals surface area (Å²) in [5.41, 5.74) is 7.35. The third-order valence-electron chi connectivity index (χ3n) is 2.71. The predicted molar refractivity (Wildman–Crippen MR) is 85.4 cm³/mol. The molecular weight excluding hydrogens is 351 g/mol. The van der Waals surface area contributed by atoms with Crippen molar-refractivity contribution in [3.8, 4) is 11.6 Å². The number of nitrogens with zero attached hydrogens (tertiary/aromatic N) is 1. The van der Waals surface area contributed by atoms with E-state index in [2.05, 4.69) is 27.6 Å². The number of hydrogen-bond acceptors (Lipinski definition) is 3. The number of nitrogens with two attached hydrogens (primary N) is 1. The Morgan fingerprint density at radius 3 is 2.74 bits per heavy atom. The van der Waals surface area contributed by atoms with Gasteiger partial charge in [0.1, 0.15) is 5.75 Å². The van der Waals surface area contributed by atoms with Crippen LogP contribution in [-0.4, -0.2) is 4.98 Å². The highest BCUT2D eigenvalue weighted by molar-refractivity contribution is 14.1. The fraction of sp³-hybridized carbons (Fsp3) is 0. The zero-order chi connectivity index (χ0) is 13.2. The largest absolute Gasteiger partial charge is 0.439 e. The average Bonchev–Trinajstić information content (AvgIpc) is 2.39. The van der Waals surface area contributed by atoms with Crippen LogP contribution >= 0.6 is 22.6 Å². The van der Waals surface area contributed by atoms with E-state index in [1.165, 1.54) is 0 Å². The molecule has 0 aliphatic heterocycles. The Balaban J connectivity index is 1.95. The summed E-state index contributed by atoms with van der Waals surface area (Å²) in [4.78, 5) is 4.46. The lowest BCUT2D eigenvalue weighted by molar-refractivity contribution is 0.465. The van der Waals surface area contributed by atoms with Crippen LogP contribution in [-0.2, 0) is 0 Å². The van der Waals surface area contributed by atoms with Gasteiger partial charge in [-0.15, -0.1) is 0 Å². The van der Waals surface area contributed by atoms with Crippen molar-refractivity contribution in [3.63, 3.8) is 0 Å². The minimum atomic E-state index is 0.583. The molecule has 0 radical (unpaired) electrons. The van der Waals surface area contributed by atoms with E-state index in [1.54, 1.807) is 0 Å². The number of hydrogen-bond donors (Lipinski definition) is 1. The number of nitrogen functional groups attached to an aromatic ring is 1. The second-order valence-electron chi connectivity index (χ2n) is 4.16. The normalized spacial score (nSPS) is 10.6. The maximum Gasteiger partial charge on any atom is 0.219 e. The molecule has 0 unspecified atom stereocenters. The molecule has 4 heteroatoms. The molecule has 0 aliphatic carbocycles. The summed E-state index contributed by atoms with van der Waals surface area (Å²) in [5, 5.41) is 1.01. The van der Waals surface area contributed by atoms with Crippen LogP contribution in [0.5, 0.6) is 11.6 Å². The van der Waals surface area contributed by atoms with Crippen molar-refractivity contribution in [1.82, 2.24) is 4.98 Å². The molecule has 1 heterocycles. The smallest absolute Gasteiger partial charge is 0.219 e. The minimum Gasteiger partial charge on any atom is -0.439 e. The van der Waals surface area contributed by atoms with Gasteiger partial charge in [-0.3, -0.25) is 0 Å². The number of halogens is 1. The lowest BCUT2D eigenvalue weighted by atomic mass is 10.2. The van der Waals surface area contributed by atoms with Crippen molar-refractivity contribution in [2.75, 3.05) is 5.73 Å². The molecule has 0 bridgehead atoms. The highest BCUT2D eigenvalue weighted by atomic mass is 127. The molecule has 0 spiro atoms. The van der Waals surface area contributed by atoms with Gasteiger partial charge in [0.15, 0.2) is 0 Å². The molecule has 1 aromatic heterocycles. The summed E-state index contributed by atoms with van der Waals surface area (Å²) in [5.74, 6) is 1.37. The fourth-order valence-electron chi connectivity index (χ4n) is 1.83. The van der Waals surface area contributed by atoms with E-state index < -0.39 is 0 Å². The van der Waals surface area contributed by atoms with Crippen molar-refractivity contribution in [2.45, 2.75) is 0 Å². The van der Waals surface area contributed by atoms with E-state index in [1.807, 2.05) is 54.6 Å². The first-order valence-corrected chi connectivity index (χ1v) is 6.88. The number of pyridine rings is 1. The number of aromatic nitrogens is 1. The molecular formula is C15H11IN2O. The molecule has 0 atom stereocenters. The van der Waals surface area contributed by atoms with Gasteiger partial charge in [-0.2, -0.15) is 0 Å². The topological polar surface area (TPSA) is 48.1 Å². The first-order valence-electron chi connectivity index (χ1n) is 5.80. The van der Waals surface area contributed by atoms with Crippen LogP contribution in [0.1, 0.15) is 0 Å². The van der Waals surface area contributed by atoms with Crippen molar-refractivity contribution in [1.29, 1.82) is 0 Å². The SMILES string of the molecule is Nc1ccc2nc(Oc3cccc(I)c3)ccc2c1. The van der Waals surface area contributed by atoms with Crippen molar-refractivity contribution in [3.05, 3.63) is 58.2 Å². The average molecular weight is 362 g/mol. The molecule has 0 aliphatic rings. The van der Waals surface area contributed by atoms with Crippen LogP contribution in [0, 0.1) is 3.57 Å². The molecule has 2 aromatic carbocycles. The van der Waals surface area contributed by atoms with E-state index in [0.29, 0.717) is 5.88 Å². The van der Waals surface area contributed by atoms with Crippen LogP contribution in [0.25, 0.3) is 10.9 Å². The van der Waals surface area contributed by atoms with E-state index >= 15 is 0 Å². The number of anilines is 1. The van der Waals surface area contributed by atoms with Gasteiger partial charge in [-0.1, -0.05) is 6.07 Å². The first-order chi connectivity index (χ1) is 9.20. The van der Waals surface area contributed by atoms with Crippen LogP contribution in [0.3, 0.4) is 0 Å². The Labute approximate surface area is 124 Å². The monoisotopic (exact) mass is 362 g/mol. The van der Waals surface area contributed by atoms with Crippen LogP contribution in [0.4, 0.5) is 5.69 Å².